The van der Waals surface area contributed by atoms with Crippen LogP contribution in [0.2, 0.25) is 0 Å². The van der Waals surface area contributed by atoms with Gasteiger partial charge in [0.25, 0.3) is 0 Å². The first-order chi connectivity index (χ1) is 6.83. The van der Waals surface area contributed by atoms with E-state index >= 15 is 0 Å². The highest BCUT2D eigenvalue weighted by Crippen LogP contribution is 2.20. The van der Waals surface area contributed by atoms with Gasteiger partial charge in [0.05, 0.1) is 0 Å². The minimum Gasteiger partial charge on any atom is -0.360 e. The van der Waals surface area contributed by atoms with Crippen molar-refractivity contribution in [1.82, 2.24) is 4.98 Å². The van der Waals surface area contributed by atoms with Gasteiger partial charge in [0.2, 0.25) is 0 Å². The minimum absolute atomic E-state index is 0.739. The molecule has 0 saturated heterocycles. The van der Waals surface area contributed by atoms with Crippen molar-refractivity contribution in [3.05, 3.63) is 35.5 Å². The molecule has 14 heavy (non-hydrogen) atoms. The number of hydrogen-bond acceptors (Lipinski definition) is 1. The highest BCUT2D eigenvalue weighted by molar-refractivity contribution is 5.98. The van der Waals surface area contributed by atoms with E-state index in [4.69, 9.17) is 0 Å². The molecular weight excluding hydrogens is 174 g/mol. The number of nitrogens with one attached hydrogen (secondary N) is 1. The van der Waals surface area contributed by atoms with E-state index in [1.165, 1.54) is 0 Å². The van der Waals surface area contributed by atoms with Crippen LogP contribution in [0.5, 0.6) is 0 Å². The molecule has 0 atom stereocenters. The van der Waals surface area contributed by atoms with Gasteiger partial charge < -0.3 is 4.98 Å². The van der Waals surface area contributed by atoms with E-state index in [9.17, 15) is 4.79 Å². The highest BCUT2D eigenvalue weighted by Gasteiger charge is 2.03. The number of aldehydes is 1. The van der Waals surface area contributed by atoms with Crippen LogP contribution in [-0.2, 0) is 0 Å². The maximum absolute atomic E-state index is 10.6. The van der Waals surface area contributed by atoms with Crippen LogP contribution in [0.1, 0.15) is 29.8 Å². The van der Waals surface area contributed by atoms with Crippen LogP contribution in [0.4, 0.5) is 0 Å². The molecule has 0 saturated carbocycles. The fourth-order valence-electron chi connectivity index (χ4n) is 1.49. The molecule has 2 aromatic rings. The molecule has 0 fully saturated rings. The Morgan fingerprint density at radius 3 is 2.64 bits per heavy atom. The van der Waals surface area contributed by atoms with Crippen molar-refractivity contribution in [2.75, 3.05) is 0 Å². The van der Waals surface area contributed by atoms with Gasteiger partial charge >= 0.3 is 0 Å². The Labute approximate surface area is 83.9 Å². The molecule has 1 heterocycles. The van der Waals surface area contributed by atoms with Crippen LogP contribution < -0.4 is 0 Å². The molecule has 2 rings (SSSR count). The summed E-state index contributed by atoms with van der Waals surface area (Å²) < 4.78 is 0. The third-order valence-corrected chi connectivity index (χ3v) is 2.07. The molecule has 1 aromatic carbocycles. The Morgan fingerprint density at radius 1 is 1.29 bits per heavy atom. The van der Waals surface area contributed by atoms with Crippen molar-refractivity contribution in [3.63, 3.8) is 0 Å². The quantitative estimate of drug-likeness (QED) is 0.686. The van der Waals surface area contributed by atoms with E-state index in [1.54, 1.807) is 6.20 Å². The van der Waals surface area contributed by atoms with Gasteiger partial charge in [0.15, 0.2) is 6.29 Å². The summed E-state index contributed by atoms with van der Waals surface area (Å²) in [5.74, 6) is 0. The van der Waals surface area contributed by atoms with E-state index in [2.05, 4.69) is 4.98 Å². The molecule has 0 bridgehead atoms. The Hall–Kier alpha value is -1.57. The molecule has 2 heteroatoms. The van der Waals surface area contributed by atoms with Crippen molar-refractivity contribution < 1.29 is 4.79 Å². The summed E-state index contributed by atoms with van der Waals surface area (Å²) in [5, 5.41) is 1.03. The summed E-state index contributed by atoms with van der Waals surface area (Å²) in [5.41, 5.74) is 2.90. The van der Waals surface area contributed by atoms with Gasteiger partial charge in [-0.3, -0.25) is 4.79 Å². The zero-order chi connectivity index (χ0) is 10.6. The Kier molecular flexibility index (Phi) is 3.46. The van der Waals surface area contributed by atoms with Crippen molar-refractivity contribution in [3.8, 4) is 0 Å². The average molecular weight is 189 g/mol. The topological polar surface area (TPSA) is 32.9 Å². The fourth-order valence-corrected chi connectivity index (χ4v) is 1.49. The molecule has 0 aliphatic rings. The second-order valence-corrected chi connectivity index (χ2v) is 2.86. The van der Waals surface area contributed by atoms with Gasteiger partial charge in [0.1, 0.15) is 0 Å². The third kappa shape index (κ3) is 1.69. The Balaban J connectivity index is 0.000000461. The highest BCUT2D eigenvalue weighted by atomic mass is 16.1. The number of aromatic amines is 1. The number of aryl methyl sites for hydroxylation is 1. The normalized spacial score (nSPS) is 9.36. The monoisotopic (exact) mass is 189 g/mol. The van der Waals surface area contributed by atoms with Crippen molar-refractivity contribution in [2.45, 2.75) is 20.8 Å². The number of H-pyrrole nitrogens is 1. The van der Waals surface area contributed by atoms with Gasteiger partial charge in [-0.2, -0.15) is 0 Å². The largest absolute Gasteiger partial charge is 0.360 e. The first-order valence-corrected chi connectivity index (χ1v) is 4.85. The van der Waals surface area contributed by atoms with E-state index in [0.717, 1.165) is 28.3 Å². The third-order valence-electron chi connectivity index (χ3n) is 2.07. The first-order valence-electron chi connectivity index (χ1n) is 4.85. The van der Waals surface area contributed by atoms with Crippen LogP contribution in [0.15, 0.2) is 24.4 Å². The molecule has 0 radical (unpaired) electrons. The number of carbonyl (C=O) groups excluding carboxylic acids is 1. The van der Waals surface area contributed by atoms with Crippen LogP contribution in [0.25, 0.3) is 10.9 Å². The zero-order valence-electron chi connectivity index (χ0n) is 8.79. The van der Waals surface area contributed by atoms with Crippen LogP contribution in [0.3, 0.4) is 0 Å². The van der Waals surface area contributed by atoms with Gasteiger partial charge in [-0.1, -0.05) is 26.0 Å². The van der Waals surface area contributed by atoms with Gasteiger partial charge in [0, 0.05) is 22.7 Å². The molecule has 1 N–H and O–H groups in total. The van der Waals surface area contributed by atoms with Crippen LogP contribution in [0, 0.1) is 6.92 Å². The lowest BCUT2D eigenvalue weighted by atomic mass is 10.1. The molecule has 0 amide bonds. The molecule has 0 spiro atoms. The van der Waals surface area contributed by atoms with E-state index in [1.807, 2.05) is 39.0 Å². The number of hydrogen-bond donors (Lipinski definition) is 1. The predicted octanol–water partition coefficient (Wildman–Crippen LogP) is 3.32. The molecule has 1 aromatic heterocycles. The fraction of sp³-hybridized carbons (Fsp3) is 0.250. The lowest BCUT2D eigenvalue weighted by Gasteiger charge is -1.94. The summed E-state index contributed by atoms with van der Waals surface area (Å²) in [6, 6.07) is 5.95. The maximum atomic E-state index is 10.6. The minimum atomic E-state index is 0.739. The number of fused-ring (bicyclic) bond motifs is 1. The summed E-state index contributed by atoms with van der Waals surface area (Å²) in [4.78, 5) is 13.7. The summed E-state index contributed by atoms with van der Waals surface area (Å²) in [6.07, 6.45) is 2.62. The number of rotatable bonds is 1. The standard InChI is InChI=1S/C10H9NO.C2H6/c1-7-3-2-4-9-10(7)8(6-12)5-11-9;1-2/h2-6,11H,1H3;1-2H3. The van der Waals surface area contributed by atoms with Gasteiger partial charge in [-0.25, -0.2) is 0 Å². The lowest BCUT2D eigenvalue weighted by Crippen LogP contribution is -1.78. The summed E-state index contributed by atoms with van der Waals surface area (Å²) in [6.45, 7) is 6.00. The van der Waals surface area contributed by atoms with E-state index in [0.29, 0.717) is 0 Å². The Bertz CT molecular complexity index is 429. The number of benzene rings is 1. The van der Waals surface area contributed by atoms with Crippen molar-refractivity contribution >= 4 is 17.2 Å². The smallest absolute Gasteiger partial charge is 0.152 e. The van der Waals surface area contributed by atoms with E-state index in [-0.39, 0.29) is 0 Å². The second-order valence-electron chi connectivity index (χ2n) is 2.86. The number of carbonyl (C=O) groups is 1. The number of aromatic nitrogens is 1. The molecule has 0 aliphatic heterocycles. The van der Waals surface area contributed by atoms with Gasteiger partial charge in [-0.05, 0) is 18.6 Å². The summed E-state index contributed by atoms with van der Waals surface area (Å²) >= 11 is 0. The molecule has 2 nitrogen and oxygen atoms in total. The first kappa shape index (κ1) is 10.5. The molecule has 0 unspecified atom stereocenters. The van der Waals surface area contributed by atoms with E-state index < -0.39 is 0 Å². The zero-order valence-corrected chi connectivity index (χ0v) is 8.79. The summed E-state index contributed by atoms with van der Waals surface area (Å²) in [7, 11) is 0. The lowest BCUT2D eigenvalue weighted by molar-refractivity contribution is 0.112. The SMILES string of the molecule is CC.Cc1cccc2[nH]cc(C=O)c12. The average Bonchev–Trinajstić information content (AvgIpc) is 2.65. The van der Waals surface area contributed by atoms with Crippen LogP contribution in [-0.4, -0.2) is 11.3 Å². The predicted molar refractivity (Wildman–Crippen MR) is 59.8 cm³/mol. The Morgan fingerprint density at radius 2 is 2.00 bits per heavy atom. The molecular formula is C12H15NO. The second kappa shape index (κ2) is 4.61. The van der Waals surface area contributed by atoms with Gasteiger partial charge in [-0.15, -0.1) is 0 Å². The van der Waals surface area contributed by atoms with Crippen molar-refractivity contribution in [2.24, 2.45) is 0 Å². The molecule has 0 aliphatic carbocycles. The van der Waals surface area contributed by atoms with Crippen LogP contribution >= 0.6 is 0 Å². The molecule has 74 valence electrons. The van der Waals surface area contributed by atoms with Crippen molar-refractivity contribution in [1.29, 1.82) is 0 Å². The maximum Gasteiger partial charge on any atom is 0.152 e.